The van der Waals surface area contributed by atoms with Crippen LogP contribution in [0.1, 0.15) is 35.8 Å². The van der Waals surface area contributed by atoms with E-state index in [1.807, 2.05) is 19.1 Å². The Hall–Kier alpha value is -2.53. The lowest BCUT2D eigenvalue weighted by Crippen LogP contribution is -2.12. The summed E-state index contributed by atoms with van der Waals surface area (Å²) in [5.41, 5.74) is 4.44. The Bertz CT molecular complexity index is 857. The van der Waals surface area contributed by atoms with Gasteiger partial charge in [-0.25, -0.2) is 4.98 Å². The molecule has 0 spiro atoms. The highest BCUT2D eigenvalue weighted by Crippen LogP contribution is 2.30. The van der Waals surface area contributed by atoms with Gasteiger partial charge in [-0.2, -0.15) is 0 Å². The van der Waals surface area contributed by atoms with Gasteiger partial charge in [0.05, 0.1) is 5.69 Å². The van der Waals surface area contributed by atoms with Crippen LogP contribution >= 0.6 is 11.3 Å². The van der Waals surface area contributed by atoms with Crippen molar-refractivity contribution in [2.24, 2.45) is 0 Å². The molecule has 0 unspecified atom stereocenters. The average molecular weight is 366 g/mol. The highest BCUT2D eigenvalue weighted by molar-refractivity contribution is 7.16. The first-order chi connectivity index (χ1) is 12.7. The summed E-state index contributed by atoms with van der Waals surface area (Å²) in [7, 11) is 0. The van der Waals surface area contributed by atoms with Gasteiger partial charge in [-0.15, -0.1) is 11.3 Å². The predicted octanol–water partition coefficient (Wildman–Crippen LogP) is 5.04. The number of rotatable bonds is 7. The largest absolute Gasteiger partial charge is 0.302 e. The smallest absolute Gasteiger partial charge is 0.226 e. The fourth-order valence-corrected chi connectivity index (χ4v) is 3.67. The van der Waals surface area contributed by atoms with Crippen LogP contribution in [0, 0.1) is 6.92 Å². The zero-order chi connectivity index (χ0) is 18.4. The normalized spacial score (nSPS) is 10.7. The molecule has 1 aromatic carbocycles. The minimum absolute atomic E-state index is 0.0209. The Kier molecular flexibility index (Phi) is 6.12. The maximum atomic E-state index is 12.2. The molecule has 1 N–H and O–H groups in total. The van der Waals surface area contributed by atoms with Crippen LogP contribution in [0.3, 0.4) is 0 Å². The van der Waals surface area contributed by atoms with E-state index in [1.165, 1.54) is 16.9 Å². The number of thiazole rings is 1. The monoisotopic (exact) mass is 365 g/mol. The van der Waals surface area contributed by atoms with Gasteiger partial charge >= 0.3 is 0 Å². The first-order valence-electron chi connectivity index (χ1n) is 8.91. The van der Waals surface area contributed by atoms with Crippen LogP contribution in [-0.2, 0) is 17.6 Å². The Morgan fingerprint density at radius 1 is 1.12 bits per heavy atom. The summed E-state index contributed by atoms with van der Waals surface area (Å²) in [5.74, 6) is -0.0209. The summed E-state index contributed by atoms with van der Waals surface area (Å²) in [4.78, 5) is 22.0. The first-order valence-corrected chi connectivity index (χ1v) is 9.73. The molecule has 0 atom stereocenters. The Labute approximate surface area is 158 Å². The maximum absolute atomic E-state index is 12.2. The second-order valence-electron chi connectivity index (χ2n) is 6.28. The van der Waals surface area contributed by atoms with Crippen molar-refractivity contribution < 1.29 is 4.79 Å². The van der Waals surface area contributed by atoms with Crippen LogP contribution in [0.2, 0.25) is 0 Å². The summed E-state index contributed by atoms with van der Waals surface area (Å²) in [6.45, 7) is 4.22. The molecule has 0 bridgehead atoms. The number of nitrogens with zero attached hydrogens (tertiary/aromatic N) is 2. The van der Waals surface area contributed by atoms with Gasteiger partial charge < -0.3 is 5.32 Å². The van der Waals surface area contributed by atoms with Crippen molar-refractivity contribution in [3.63, 3.8) is 0 Å². The number of aryl methyl sites for hydroxylation is 3. The standard InChI is InChI=1S/C21H23N3OS/c1-3-5-16-7-10-18(11-8-16)20-15(2)26-21(24-20)23-19(25)12-9-17-6-4-13-22-14-17/h4,6-8,10-11,13-14H,3,5,9,12H2,1-2H3,(H,23,24,25). The maximum Gasteiger partial charge on any atom is 0.226 e. The van der Waals surface area contributed by atoms with Gasteiger partial charge in [-0.1, -0.05) is 43.7 Å². The van der Waals surface area contributed by atoms with Crippen LogP contribution < -0.4 is 5.32 Å². The first kappa shape index (κ1) is 18.3. The number of carbonyl (C=O) groups excluding carboxylic acids is 1. The molecule has 134 valence electrons. The summed E-state index contributed by atoms with van der Waals surface area (Å²) < 4.78 is 0. The molecule has 0 aliphatic heterocycles. The average Bonchev–Trinajstić information content (AvgIpc) is 3.02. The quantitative estimate of drug-likeness (QED) is 0.638. The van der Waals surface area contributed by atoms with Gasteiger partial charge in [-0.3, -0.25) is 9.78 Å². The van der Waals surface area contributed by atoms with Gasteiger partial charge in [0.2, 0.25) is 5.91 Å². The van der Waals surface area contributed by atoms with Crippen molar-refractivity contribution in [1.29, 1.82) is 0 Å². The van der Waals surface area contributed by atoms with E-state index in [4.69, 9.17) is 0 Å². The molecule has 3 rings (SSSR count). The molecule has 1 amide bonds. The molecule has 0 aliphatic rings. The number of benzene rings is 1. The summed E-state index contributed by atoms with van der Waals surface area (Å²) in [6.07, 6.45) is 6.86. The number of anilines is 1. The number of carbonyl (C=O) groups is 1. The van der Waals surface area contributed by atoms with Crippen LogP contribution in [0.5, 0.6) is 0 Å². The van der Waals surface area contributed by atoms with Crippen LogP contribution in [0.15, 0.2) is 48.8 Å². The van der Waals surface area contributed by atoms with Gasteiger partial charge in [0.25, 0.3) is 0 Å². The molecular formula is C21H23N3OS. The van der Waals surface area contributed by atoms with Crippen molar-refractivity contribution in [1.82, 2.24) is 9.97 Å². The van der Waals surface area contributed by atoms with Gasteiger partial charge in [0, 0.05) is 29.3 Å². The topological polar surface area (TPSA) is 54.9 Å². The molecule has 0 aliphatic carbocycles. The third kappa shape index (κ3) is 4.76. The van der Waals surface area contributed by atoms with Crippen molar-refractivity contribution in [2.45, 2.75) is 39.5 Å². The second kappa shape index (κ2) is 8.72. The van der Waals surface area contributed by atoms with Crippen LogP contribution in [0.4, 0.5) is 5.13 Å². The lowest BCUT2D eigenvalue weighted by molar-refractivity contribution is -0.116. The molecular weight excluding hydrogens is 342 g/mol. The van der Waals surface area contributed by atoms with E-state index >= 15 is 0 Å². The van der Waals surface area contributed by atoms with Crippen LogP contribution in [0.25, 0.3) is 11.3 Å². The molecule has 0 saturated carbocycles. The Morgan fingerprint density at radius 2 is 1.92 bits per heavy atom. The van der Waals surface area contributed by atoms with Crippen molar-refractivity contribution in [3.8, 4) is 11.3 Å². The number of aromatic nitrogens is 2. The SMILES string of the molecule is CCCc1ccc(-c2nc(NC(=O)CCc3cccnc3)sc2C)cc1. The van der Waals surface area contributed by atoms with Crippen LogP contribution in [-0.4, -0.2) is 15.9 Å². The molecule has 2 aromatic heterocycles. The Balaban J connectivity index is 1.63. The van der Waals surface area contributed by atoms with Crippen molar-refractivity contribution >= 4 is 22.4 Å². The van der Waals surface area contributed by atoms with E-state index in [2.05, 4.69) is 46.5 Å². The number of hydrogen-bond acceptors (Lipinski definition) is 4. The zero-order valence-corrected chi connectivity index (χ0v) is 16.0. The van der Waals surface area contributed by atoms with E-state index in [9.17, 15) is 4.79 Å². The summed E-state index contributed by atoms with van der Waals surface area (Å²) in [5, 5.41) is 3.58. The van der Waals surface area contributed by atoms with E-state index in [0.29, 0.717) is 18.0 Å². The number of pyridine rings is 1. The molecule has 3 aromatic rings. The molecule has 2 heterocycles. The lowest BCUT2D eigenvalue weighted by Gasteiger charge is -2.03. The molecule has 4 nitrogen and oxygen atoms in total. The zero-order valence-electron chi connectivity index (χ0n) is 15.2. The van der Waals surface area contributed by atoms with Gasteiger partial charge in [0.1, 0.15) is 0 Å². The van der Waals surface area contributed by atoms with Crippen molar-refractivity contribution in [3.05, 3.63) is 64.8 Å². The highest BCUT2D eigenvalue weighted by Gasteiger charge is 2.12. The number of hydrogen-bond donors (Lipinski definition) is 1. The molecule has 0 fully saturated rings. The number of nitrogens with one attached hydrogen (secondary N) is 1. The minimum atomic E-state index is -0.0209. The van der Waals surface area contributed by atoms with E-state index in [-0.39, 0.29) is 5.91 Å². The third-order valence-electron chi connectivity index (χ3n) is 4.17. The Morgan fingerprint density at radius 3 is 2.62 bits per heavy atom. The lowest BCUT2D eigenvalue weighted by atomic mass is 10.1. The summed E-state index contributed by atoms with van der Waals surface area (Å²) >= 11 is 1.52. The van der Waals surface area contributed by atoms with Crippen molar-refractivity contribution in [2.75, 3.05) is 5.32 Å². The highest BCUT2D eigenvalue weighted by atomic mass is 32.1. The second-order valence-corrected chi connectivity index (χ2v) is 7.48. The summed E-state index contributed by atoms with van der Waals surface area (Å²) in [6, 6.07) is 12.4. The van der Waals surface area contributed by atoms with E-state index < -0.39 is 0 Å². The van der Waals surface area contributed by atoms with Gasteiger partial charge in [0.15, 0.2) is 5.13 Å². The molecule has 0 radical (unpaired) electrons. The van der Waals surface area contributed by atoms with E-state index in [1.54, 1.807) is 12.4 Å². The van der Waals surface area contributed by atoms with E-state index in [0.717, 1.165) is 34.5 Å². The molecule has 0 saturated heterocycles. The fourth-order valence-electron chi connectivity index (χ4n) is 2.82. The minimum Gasteiger partial charge on any atom is -0.302 e. The third-order valence-corrected chi connectivity index (χ3v) is 5.06. The van der Waals surface area contributed by atoms with Gasteiger partial charge in [-0.05, 0) is 37.0 Å². The number of amides is 1. The fraction of sp³-hybridized carbons (Fsp3) is 0.286. The molecule has 26 heavy (non-hydrogen) atoms. The molecule has 5 heteroatoms. The predicted molar refractivity (Wildman–Crippen MR) is 107 cm³/mol.